The minimum absolute atomic E-state index is 0.105. The molecule has 2 aromatic carbocycles. The van der Waals surface area contributed by atoms with Crippen LogP contribution in [0, 0.1) is 0 Å². The zero-order chi connectivity index (χ0) is 16.8. The van der Waals surface area contributed by atoms with E-state index in [0.29, 0.717) is 20.8 Å². The molecule has 23 heavy (non-hydrogen) atoms. The highest BCUT2D eigenvalue weighted by Gasteiger charge is 2.08. The molecule has 0 aromatic heterocycles. The van der Waals surface area contributed by atoms with E-state index in [2.05, 4.69) is 10.6 Å². The number of halogens is 3. The molecule has 1 amide bonds. The van der Waals surface area contributed by atoms with E-state index in [9.17, 15) is 4.79 Å². The molecule has 118 valence electrons. The van der Waals surface area contributed by atoms with Gasteiger partial charge in [-0.1, -0.05) is 65.1 Å². The molecule has 0 spiro atoms. The monoisotopic (exact) mass is 384 g/mol. The predicted octanol–water partition coefficient (Wildman–Crippen LogP) is 5.17. The largest absolute Gasteiger partial charge is 0.331 e. The number of hydrogen-bond acceptors (Lipinski definition) is 2. The topological polar surface area (TPSA) is 41.1 Å². The van der Waals surface area contributed by atoms with E-state index < -0.39 is 0 Å². The Morgan fingerprint density at radius 1 is 1.00 bits per heavy atom. The summed E-state index contributed by atoms with van der Waals surface area (Å²) in [4.78, 5) is 11.8. The minimum atomic E-state index is -0.359. The number of hydrogen-bond donors (Lipinski definition) is 2. The lowest BCUT2D eigenvalue weighted by molar-refractivity contribution is -0.115. The van der Waals surface area contributed by atoms with Crippen LogP contribution in [-0.2, 0) is 4.79 Å². The van der Waals surface area contributed by atoms with Gasteiger partial charge in [0.15, 0.2) is 5.11 Å². The average Bonchev–Trinajstić information content (AvgIpc) is 2.51. The first-order chi connectivity index (χ1) is 11.0. The number of benzene rings is 2. The standard InChI is InChI=1S/C16H11Cl3N2OS/c17-11-8-13(19)14(9-12(11)18)20-16(23)21-15(22)7-6-10-4-2-1-3-5-10/h1-9H,(H2,20,21,22,23). The summed E-state index contributed by atoms with van der Waals surface area (Å²) < 4.78 is 0. The highest BCUT2D eigenvalue weighted by molar-refractivity contribution is 7.80. The molecular weight excluding hydrogens is 375 g/mol. The van der Waals surface area contributed by atoms with Gasteiger partial charge in [0.05, 0.1) is 20.8 Å². The number of nitrogens with one attached hydrogen (secondary N) is 2. The maximum atomic E-state index is 11.8. The van der Waals surface area contributed by atoms with E-state index in [0.717, 1.165) is 5.56 Å². The molecule has 0 bridgehead atoms. The third-order valence-corrected chi connectivity index (χ3v) is 3.96. The quantitative estimate of drug-likeness (QED) is 0.435. The van der Waals surface area contributed by atoms with Gasteiger partial charge in [-0.3, -0.25) is 10.1 Å². The van der Waals surface area contributed by atoms with Crippen LogP contribution >= 0.6 is 47.0 Å². The van der Waals surface area contributed by atoms with Crippen LogP contribution in [-0.4, -0.2) is 11.0 Å². The first-order valence-corrected chi connectivity index (χ1v) is 7.99. The van der Waals surface area contributed by atoms with E-state index in [1.807, 2.05) is 30.3 Å². The van der Waals surface area contributed by atoms with Crippen molar-refractivity contribution < 1.29 is 4.79 Å². The Bertz CT molecular complexity index is 763. The molecule has 2 N–H and O–H groups in total. The summed E-state index contributed by atoms with van der Waals surface area (Å²) in [6.45, 7) is 0. The van der Waals surface area contributed by atoms with E-state index in [1.165, 1.54) is 18.2 Å². The van der Waals surface area contributed by atoms with Crippen molar-refractivity contribution in [3.8, 4) is 0 Å². The molecule has 3 nitrogen and oxygen atoms in total. The summed E-state index contributed by atoms with van der Waals surface area (Å²) >= 11 is 22.9. The maximum Gasteiger partial charge on any atom is 0.250 e. The van der Waals surface area contributed by atoms with Crippen LogP contribution < -0.4 is 10.6 Å². The Labute approximate surface area is 154 Å². The fourth-order valence-electron chi connectivity index (χ4n) is 1.66. The number of thiocarbonyl (C=S) groups is 1. The van der Waals surface area contributed by atoms with Crippen molar-refractivity contribution >= 4 is 69.8 Å². The molecule has 0 heterocycles. The average molecular weight is 386 g/mol. The predicted molar refractivity (Wildman–Crippen MR) is 101 cm³/mol. The highest BCUT2D eigenvalue weighted by atomic mass is 35.5. The first kappa shape index (κ1) is 17.8. The Balaban J connectivity index is 1.96. The molecule has 2 aromatic rings. The Morgan fingerprint density at radius 3 is 2.35 bits per heavy atom. The second-order valence-corrected chi connectivity index (χ2v) is 6.06. The summed E-state index contributed by atoms with van der Waals surface area (Å²) in [6.07, 6.45) is 3.07. The Morgan fingerprint density at radius 2 is 1.65 bits per heavy atom. The van der Waals surface area contributed by atoms with Crippen LogP contribution in [0.15, 0.2) is 48.5 Å². The summed E-state index contributed by atoms with van der Waals surface area (Å²) in [5, 5.41) is 6.43. The van der Waals surface area contributed by atoms with E-state index >= 15 is 0 Å². The minimum Gasteiger partial charge on any atom is -0.331 e. The molecule has 7 heteroatoms. The van der Waals surface area contributed by atoms with Crippen LogP contribution in [0.2, 0.25) is 15.1 Å². The van der Waals surface area contributed by atoms with Crippen molar-refractivity contribution in [2.24, 2.45) is 0 Å². The van der Waals surface area contributed by atoms with Crippen molar-refractivity contribution in [1.29, 1.82) is 0 Å². The molecular formula is C16H11Cl3N2OS. The van der Waals surface area contributed by atoms with Gasteiger partial charge in [0.25, 0.3) is 0 Å². The second kappa shape index (κ2) is 8.31. The van der Waals surface area contributed by atoms with Gasteiger partial charge in [-0.05, 0) is 36.0 Å². The molecule has 0 aliphatic carbocycles. The number of carbonyl (C=O) groups excluding carboxylic acids is 1. The number of anilines is 1. The lowest BCUT2D eigenvalue weighted by atomic mass is 10.2. The second-order valence-electron chi connectivity index (χ2n) is 4.43. The molecule has 2 rings (SSSR count). The van der Waals surface area contributed by atoms with E-state index in [-0.39, 0.29) is 11.0 Å². The fourth-order valence-corrected chi connectivity index (χ4v) is 2.47. The van der Waals surface area contributed by atoms with Crippen LogP contribution in [0.3, 0.4) is 0 Å². The van der Waals surface area contributed by atoms with Gasteiger partial charge < -0.3 is 5.32 Å². The van der Waals surface area contributed by atoms with Crippen LogP contribution in [0.1, 0.15) is 5.56 Å². The summed E-state index contributed by atoms with van der Waals surface area (Å²) in [5.74, 6) is -0.359. The van der Waals surface area contributed by atoms with Gasteiger partial charge in [-0.2, -0.15) is 0 Å². The van der Waals surface area contributed by atoms with Crippen molar-refractivity contribution in [1.82, 2.24) is 5.32 Å². The van der Waals surface area contributed by atoms with Crippen molar-refractivity contribution in [2.45, 2.75) is 0 Å². The van der Waals surface area contributed by atoms with Crippen LogP contribution in [0.4, 0.5) is 5.69 Å². The maximum absolute atomic E-state index is 11.8. The van der Waals surface area contributed by atoms with E-state index in [1.54, 1.807) is 6.08 Å². The van der Waals surface area contributed by atoms with Gasteiger partial charge in [-0.15, -0.1) is 0 Å². The summed E-state index contributed by atoms with van der Waals surface area (Å²) in [7, 11) is 0. The van der Waals surface area contributed by atoms with Gasteiger partial charge >= 0.3 is 0 Å². The summed E-state index contributed by atoms with van der Waals surface area (Å²) in [5.41, 5.74) is 1.37. The summed E-state index contributed by atoms with van der Waals surface area (Å²) in [6, 6.07) is 12.5. The molecule has 0 atom stereocenters. The lowest BCUT2D eigenvalue weighted by Gasteiger charge is -2.10. The molecule has 0 unspecified atom stereocenters. The van der Waals surface area contributed by atoms with Crippen molar-refractivity contribution in [2.75, 3.05) is 5.32 Å². The van der Waals surface area contributed by atoms with Crippen LogP contribution in [0.25, 0.3) is 6.08 Å². The third-order valence-electron chi connectivity index (χ3n) is 2.72. The normalized spacial score (nSPS) is 10.6. The zero-order valence-electron chi connectivity index (χ0n) is 11.6. The Hall–Kier alpha value is -1.59. The van der Waals surface area contributed by atoms with Crippen LogP contribution in [0.5, 0.6) is 0 Å². The molecule has 0 radical (unpaired) electrons. The zero-order valence-corrected chi connectivity index (χ0v) is 14.7. The SMILES string of the molecule is O=C(C=Cc1ccccc1)NC(=S)Nc1cc(Cl)c(Cl)cc1Cl. The Kier molecular flexibility index (Phi) is 6.42. The highest BCUT2D eigenvalue weighted by Crippen LogP contribution is 2.32. The molecule has 0 aliphatic heterocycles. The number of amides is 1. The molecule has 0 fully saturated rings. The lowest BCUT2D eigenvalue weighted by Crippen LogP contribution is -2.32. The first-order valence-electron chi connectivity index (χ1n) is 6.45. The van der Waals surface area contributed by atoms with Crippen molar-refractivity contribution in [3.63, 3.8) is 0 Å². The van der Waals surface area contributed by atoms with Crippen molar-refractivity contribution in [3.05, 3.63) is 69.2 Å². The van der Waals surface area contributed by atoms with Gasteiger partial charge in [0, 0.05) is 6.08 Å². The van der Waals surface area contributed by atoms with Gasteiger partial charge in [0.1, 0.15) is 0 Å². The number of carbonyl (C=O) groups is 1. The third kappa shape index (κ3) is 5.52. The molecule has 0 saturated carbocycles. The molecule has 0 saturated heterocycles. The molecule has 0 aliphatic rings. The van der Waals surface area contributed by atoms with E-state index in [4.69, 9.17) is 47.0 Å². The number of rotatable bonds is 3. The van der Waals surface area contributed by atoms with Gasteiger partial charge in [0.2, 0.25) is 5.91 Å². The fraction of sp³-hybridized carbons (Fsp3) is 0. The van der Waals surface area contributed by atoms with Gasteiger partial charge in [-0.25, -0.2) is 0 Å². The smallest absolute Gasteiger partial charge is 0.250 e.